The summed E-state index contributed by atoms with van der Waals surface area (Å²) in [5.74, 6) is 0. The van der Waals surface area contributed by atoms with Gasteiger partial charge in [0, 0.05) is 12.7 Å². The van der Waals surface area contributed by atoms with Gasteiger partial charge in [-0.05, 0) is 68.0 Å². The first-order chi connectivity index (χ1) is 9.76. The SMILES string of the molecule is CC(C)(C)OC(=O)N1CC2(CC2)C[C@H]1Cn1cc(I)cn1. The minimum Gasteiger partial charge on any atom is -0.444 e. The number of carbonyl (C=O) groups excluding carboxylic acids is 1. The molecule has 1 saturated heterocycles. The third kappa shape index (κ3) is 3.52. The molecular weight excluding hydrogens is 381 g/mol. The molecule has 1 aliphatic heterocycles. The Morgan fingerprint density at radius 3 is 2.76 bits per heavy atom. The molecule has 0 aromatic carbocycles. The molecule has 21 heavy (non-hydrogen) atoms. The molecule has 6 heteroatoms. The molecule has 2 aliphatic rings. The van der Waals surface area contributed by atoms with Crippen molar-refractivity contribution in [2.45, 2.75) is 58.2 Å². The van der Waals surface area contributed by atoms with E-state index < -0.39 is 5.60 Å². The van der Waals surface area contributed by atoms with Crippen molar-refractivity contribution in [3.05, 3.63) is 16.0 Å². The molecule has 1 aliphatic carbocycles. The first-order valence-electron chi connectivity index (χ1n) is 7.44. The molecule has 1 saturated carbocycles. The maximum absolute atomic E-state index is 12.5. The molecule has 0 bridgehead atoms. The van der Waals surface area contributed by atoms with E-state index >= 15 is 0 Å². The summed E-state index contributed by atoms with van der Waals surface area (Å²) in [7, 11) is 0. The molecule has 3 rings (SSSR count). The van der Waals surface area contributed by atoms with Gasteiger partial charge in [0.2, 0.25) is 0 Å². The molecule has 116 valence electrons. The normalized spacial score (nSPS) is 23.6. The highest BCUT2D eigenvalue weighted by Crippen LogP contribution is 2.55. The first-order valence-corrected chi connectivity index (χ1v) is 8.52. The van der Waals surface area contributed by atoms with Gasteiger partial charge in [-0.1, -0.05) is 0 Å². The molecule has 0 N–H and O–H groups in total. The van der Waals surface area contributed by atoms with Crippen molar-refractivity contribution >= 4 is 28.7 Å². The monoisotopic (exact) mass is 403 g/mol. The number of hydrogen-bond acceptors (Lipinski definition) is 3. The van der Waals surface area contributed by atoms with Gasteiger partial charge in [0.15, 0.2) is 0 Å². The van der Waals surface area contributed by atoms with Crippen LogP contribution in [0.1, 0.15) is 40.0 Å². The van der Waals surface area contributed by atoms with Crippen LogP contribution < -0.4 is 0 Å². The second-order valence-electron chi connectivity index (χ2n) is 7.35. The van der Waals surface area contributed by atoms with Gasteiger partial charge < -0.3 is 9.64 Å². The van der Waals surface area contributed by atoms with Crippen LogP contribution in [-0.2, 0) is 11.3 Å². The lowest BCUT2D eigenvalue weighted by Gasteiger charge is -2.28. The van der Waals surface area contributed by atoms with Crippen molar-refractivity contribution in [3.8, 4) is 0 Å². The molecule has 1 aromatic heterocycles. The molecule has 1 spiro atoms. The van der Waals surface area contributed by atoms with Crippen LogP contribution in [0.25, 0.3) is 0 Å². The van der Waals surface area contributed by atoms with E-state index in [4.69, 9.17) is 4.74 Å². The first kappa shape index (κ1) is 15.1. The summed E-state index contributed by atoms with van der Waals surface area (Å²) in [4.78, 5) is 14.4. The van der Waals surface area contributed by atoms with Crippen LogP contribution in [0.2, 0.25) is 0 Å². The summed E-state index contributed by atoms with van der Waals surface area (Å²) < 4.78 is 8.63. The molecule has 0 unspecified atom stereocenters. The van der Waals surface area contributed by atoms with Gasteiger partial charge in [0.05, 0.1) is 22.4 Å². The van der Waals surface area contributed by atoms with Crippen LogP contribution in [0.5, 0.6) is 0 Å². The van der Waals surface area contributed by atoms with Crippen molar-refractivity contribution in [2.75, 3.05) is 6.54 Å². The predicted molar refractivity (Wildman–Crippen MR) is 88.0 cm³/mol. The largest absolute Gasteiger partial charge is 0.444 e. The predicted octanol–water partition coefficient (Wildman–Crippen LogP) is 3.28. The summed E-state index contributed by atoms with van der Waals surface area (Å²) in [6.07, 6.45) is 7.23. The zero-order valence-electron chi connectivity index (χ0n) is 12.8. The van der Waals surface area contributed by atoms with E-state index in [0.29, 0.717) is 5.41 Å². The topological polar surface area (TPSA) is 47.4 Å². The van der Waals surface area contributed by atoms with Gasteiger partial charge in [-0.3, -0.25) is 4.68 Å². The molecule has 1 amide bonds. The fourth-order valence-electron chi connectivity index (χ4n) is 3.06. The van der Waals surface area contributed by atoms with E-state index in [1.807, 2.05) is 42.7 Å². The van der Waals surface area contributed by atoms with Crippen molar-refractivity contribution in [2.24, 2.45) is 5.41 Å². The minimum atomic E-state index is -0.442. The van der Waals surface area contributed by atoms with E-state index in [9.17, 15) is 4.79 Å². The summed E-state index contributed by atoms with van der Waals surface area (Å²) in [6.45, 7) is 7.34. The van der Waals surface area contributed by atoms with Crippen LogP contribution in [0, 0.1) is 8.99 Å². The summed E-state index contributed by atoms with van der Waals surface area (Å²) in [5.41, 5.74) is -0.0795. The number of carbonyl (C=O) groups is 1. The lowest BCUT2D eigenvalue weighted by atomic mass is 10.0. The number of likely N-dealkylation sites (tertiary alicyclic amines) is 1. The van der Waals surface area contributed by atoms with Gasteiger partial charge >= 0.3 is 6.09 Å². The molecular formula is C15H22IN3O2. The van der Waals surface area contributed by atoms with Crippen LogP contribution in [-0.4, -0.2) is 39.0 Å². The smallest absolute Gasteiger partial charge is 0.410 e. The number of amides is 1. The van der Waals surface area contributed by atoms with E-state index in [2.05, 4.69) is 27.7 Å². The fraction of sp³-hybridized carbons (Fsp3) is 0.733. The summed E-state index contributed by atoms with van der Waals surface area (Å²) in [6, 6.07) is 0.193. The Hall–Kier alpha value is -0.790. The minimum absolute atomic E-state index is 0.182. The Labute approximate surface area is 139 Å². The number of halogens is 1. The number of nitrogens with zero attached hydrogens (tertiary/aromatic N) is 3. The highest BCUT2D eigenvalue weighted by atomic mass is 127. The van der Waals surface area contributed by atoms with Crippen LogP contribution in [0.4, 0.5) is 4.79 Å². The molecule has 2 heterocycles. The van der Waals surface area contributed by atoms with Gasteiger partial charge in [-0.15, -0.1) is 0 Å². The molecule has 1 atom stereocenters. The number of rotatable bonds is 2. The van der Waals surface area contributed by atoms with Gasteiger partial charge in [-0.2, -0.15) is 5.10 Å². The number of hydrogen-bond donors (Lipinski definition) is 0. The second-order valence-corrected chi connectivity index (χ2v) is 8.59. The third-order valence-electron chi connectivity index (χ3n) is 4.20. The zero-order valence-corrected chi connectivity index (χ0v) is 15.0. The van der Waals surface area contributed by atoms with Crippen LogP contribution in [0.3, 0.4) is 0 Å². The highest BCUT2D eigenvalue weighted by Gasteiger charge is 2.53. The van der Waals surface area contributed by atoms with Gasteiger partial charge in [0.1, 0.15) is 5.60 Å². The quantitative estimate of drug-likeness (QED) is 0.713. The maximum Gasteiger partial charge on any atom is 0.410 e. The fourth-order valence-corrected chi connectivity index (χ4v) is 3.50. The summed E-state index contributed by atoms with van der Waals surface area (Å²) in [5, 5.41) is 4.35. The number of ether oxygens (including phenoxy) is 1. The van der Waals surface area contributed by atoms with Crippen molar-refractivity contribution in [1.82, 2.24) is 14.7 Å². The molecule has 1 aromatic rings. The maximum atomic E-state index is 12.5. The Balaban J connectivity index is 1.72. The average Bonchev–Trinajstić information content (AvgIpc) is 2.80. The van der Waals surface area contributed by atoms with Crippen molar-refractivity contribution in [3.63, 3.8) is 0 Å². The van der Waals surface area contributed by atoms with Crippen molar-refractivity contribution in [1.29, 1.82) is 0 Å². The number of aromatic nitrogens is 2. The van der Waals surface area contributed by atoms with Gasteiger partial charge in [-0.25, -0.2) is 4.79 Å². The standard InChI is InChI=1S/C15H22IN3O2/c1-14(2,3)21-13(20)19-10-15(4-5-15)6-12(19)9-18-8-11(16)7-17-18/h7-8,12H,4-6,9-10H2,1-3H3/t12-/m0/s1. The van der Waals surface area contributed by atoms with Gasteiger partial charge in [0.25, 0.3) is 0 Å². The van der Waals surface area contributed by atoms with E-state index in [-0.39, 0.29) is 12.1 Å². The third-order valence-corrected chi connectivity index (χ3v) is 4.76. The van der Waals surface area contributed by atoms with Crippen LogP contribution in [0.15, 0.2) is 12.4 Å². The average molecular weight is 403 g/mol. The van der Waals surface area contributed by atoms with Crippen LogP contribution >= 0.6 is 22.6 Å². The molecule has 0 radical (unpaired) electrons. The highest BCUT2D eigenvalue weighted by molar-refractivity contribution is 14.1. The Morgan fingerprint density at radius 2 is 2.24 bits per heavy atom. The Bertz CT molecular complexity index is 545. The molecule has 2 fully saturated rings. The lowest BCUT2D eigenvalue weighted by molar-refractivity contribution is 0.0205. The van der Waals surface area contributed by atoms with E-state index in [1.165, 1.54) is 12.8 Å². The van der Waals surface area contributed by atoms with Crippen molar-refractivity contribution < 1.29 is 9.53 Å². The summed E-state index contributed by atoms with van der Waals surface area (Å²) >= 11 is 2.25. The molecule has 5 nitrogen and oxygen atoms in total. The zero-order chi connectivity index (χ0) is 15.3. The lowest BCUT2D eigenvalue weighted by Crippen LogP contribution is -2.41. The van der Waals surface area contributed by atoms with E-state index in [1.54, 1.807) is 0 Å². The second kappa shape index (κ2) is 5.14. The Morgan fingerprint density at radius 1 is 1.52 bits per heavy atom. The van der Waals surface area contributed by atoms with E-state index in [0.717, 1.165) is 23.1 Å². The Kier molecular flexibility index (Phi) is 3.70.